The maximum Gasteiger partial charge on any atom is 0.261 e. The zero-order valence-corrected chi connectivity index (χ0v) is 17.4. The minimum atomic E-state index is -0.314. The molecule has 1 aliphatic rings. The maximum atomic E-state index is 13.1. The molecule has 0 aromatic heterocycles. The summed E-state index contributed by atoms with van der Waals surface area (Å²) in [4.78, 5) is 42.1. The fourth-order valence-corrected chi connectivity index (χ4v) is 4.01. The molecule has 0 spiro atoms. The van der Waals surface area contributed by atoms with Crippen molar-refractivity contribution in [2.24, 2.45) is 5.92 Å². The van der Waals surface area contributed by atoms with Crippen LogP contribution in [0.3, 0.4) is 0 Å². The van der Waals surface area contributed by atoms with E-state index in [-0.39, 0.29) is 36.7 Å². The molecule has 0 atom stereocenters. The first-order chi connectivity index (χ1) is 14.4. The molecule has 0 bridgehead atoms. The Kier molecular flexibility index (Phi) is 5.12. The highest BCUT2D eigenvalue weighted by Crippen LogP contribution is 2.30. The number of para-hydroxylation sites is 1. The second-order valence-corrected chi connectivity index (χ2v) is 7.90. The van der Waals surface area contributed by atoms with Gasteiger partial charge in [0.15, 0.2) is 0 Å². The average molecular weight is 400 g/mol. The lowest BCUT2D eigenvalue weighted by molar-refractivity contribution is -0.121. The lowest BCUT2D eigenvalue weighted by Crippen LogP contribution is -2.46. The van der Waals surface area contributed by atoms with Crippen molar-refractivity contribution in [3.63, 3.8) is 0 Å². The smallest absolute Gasteiger partial charge is 0.261 e. The molecule has 5 nitrogen and oxygen atoms in total. The molecular formula is C25H24N2O3. The number of hydrogen-bond donors (Lipinski definition) is 0. The molecule has 0 N–H and O–H groups in total. The molecule has 30 heavy (non-hydrogen) atoms. The van der Waals surface area contributed by atoms with Crippen molar-refractivity contribution in [1.82, 2.24) is 4.90 Å². The predicted molar refractivity (Wildman–Crippen MR) is 118 cm³/mol. The van der Waals surface area contributed by atoms with Crippen molar-refractivity contribution < 1.29 is 14.4 Å². The van der Waals surface area contributed by atoms with Gasteiger partial charge in [-0.3, -0.25) is 19.3 Å². The van der Waals surface area contributed by atoms with Gasteiger partial charge in [0.25, 0.3) is 11.8 Å². The Hall–Kier alpha value is -3.47. The van der Waals surface area contributed by atoms with E-state index in [0.29, 0.717) is 16.5 Å². The summed E-state index contributed by atoms with van der Waals surface area (Å²) >= 11 is 0. The summed E-state index contributed by atoms with van der Waals surface area (Å²) in [6.07, 6.45) is 0. The van der Waals surface area contributed by atoms with Crippen LogP contribution in [-0.4, -0.2) is 35.7 Å². The lowest BCUT2D eigenvalue weighted by atomic mass is 9.94. The van der Waals surface area contributed by atoms with Crippen LogP contribution in [0.1, 0.15) is 40.1 Å². The SMILES string of the molecule is Cc1ccccc1N(CCN1C(=O)c2cccc3cccc(c23)C1=O)C(=O)C(C)C. The number of benzene rings is 3. The molecule has 1 heterocycles. The summed E-state index contributed by atoms with van der Waals surface area (Å²) in [7, 11) is 0. The van der Waals surface area contributed by atoms with Gasteiger partial charge in [0.2, 0.25) is 5.91 Å². The molecule has 0 aliphatic carbocycles. The van der Waals surface area contributed by atoms with E-state index in [0.717, 1.165) is 16.6 Å². The zero-order valence-electron chi connectivity index (χ0n) is 17.4. The first-order valence-electron chi connectivity index (χ1n) is 10.1. The molecule has 3 amide bonds. The molecule has 1 aliphatic heterocycles. The van der Waals surface area contributed by atoms with Gasteiger partial charge in [0.05, 0.1) is 0 Å². The Morgan fingerprint density at radius 3 is 2.07 bits per heavy atom. The van der Waals surface area contributed by atoms with Crippen molar-refractivity contribution in [2.45, 2.75) is 20.8 Å². The molecule has 4 rings (SSSR count). The Balaban J connectivity index is 1.66. The fraction of sp³-hybridized carbons (Fsp3) is 0.240. The number of carbonyl (C=O) groups is 3. The summed E-state index contributed by atoms with van der Waals surface area (Å²) in [6, 6.07) is 18.6. The second-order valence-electron chi connectivity index (χ2n) is 7.90. The van der Waals surface area contributed by atoms with E-state index in [2.05, 4.69) is 0 Å². The number of imide groups is 1. The largest absolute Gasteiger partial charge is 0.310 e. The molecule has 3 aromatic rings. The Bertz CT molecular complexity index is 1120. The van der Waals surface area contributed by atoms with Crippen molar-refractivity contribution in [3.05, 3.63) is 77.4 Å². The van der Waals surface area contributed by atoms with Crippen LogP contribution in [0, 0.1) is 12.8 Å². The Morgan fingerprint density at radius 2 is 1.50 bits per heavy atom. The third-order valence-electron chi connectivity index (χ3n) is 5.57. The third-order valence-corrected chi connectivity index (χ3v) is 5.57. The lowest BCUT2D eigenvalue weighted by Gasteiger charge is -2.31. The molecule has 0 radical (unpaired) electrons. The van der Waals surface area contributed by atoms with Gasteiger partial charge in [-0.2, -0.15) is 0 Å². The number of anilines is 1. The topological polar surface area (TPSA) is 57.7 Å². The summed E-state index contributed by atoms with van der Waals surface area (Å²) in [5, 5.41) is 1.59. The van der Waals surface area contributed by atoms with Crippen LogP contribution in [0.5, 0.6) is 0 Å². The van der Waals surface area contributed by atoms with Gasteiger partial charge in [-0.15, -0.1) is 0 Å². The van der Waals surface area contributed by atoms with Crippen LogP contribution in [0.25, 0.3) is 10.8 Å². The van der Waals surface area contributed by atoms with E-state index in [9.17, 15) is 14.4 Å². The average Bonchev–Trinajstić information content (AvgIpc) is 2.74. The molecule has 0 fully saturated rings. The number of nitrogens with zero attached hydrogens (tertiary/aromatic N) is 2. The van der Waals surface area contributed by atoms with Crippen LogP contribution < -0.4 is 4.90 Å². The van der Waals surface area contributed by atoms with Gasteiger partial charge < -0.3 is 4.90 Å². The fourth-order valence-electron chi connectivity index (χ4n) is 4.01. The van der Waals surface area contributed by atoms with Gasteiger partial charge in [-0.1, -0.05) is 56.3 Å². The van der Waals surface area contributed by atoms with E-state index >= 15 is 0 Å². The van der Waals surface area contributed by atoms with E-state index in [4.69, 9.17) is 0 Å². The predicted octanol–water partition coefficient (Wildman–Crippen LogP) is 4.43. The van der Waals surface area contributed by atoms with Gasteiger partial charge in [-0.05, 0) is 36.1 Å². The molecule has 0 unspecified atom stereocenters. The summed E-state index contributed by atoms with van der Waals surface area (Å²) in [6.45, 7) is 6.03. The van der Waals surface area contributed by atoms with Crippen LogP contribution in [0.2, 0.25) is 0 Å². The summed E-state index contributed by atoms with van der Waals surface area (Å²) in [5.41, 5.74) is 2.83. The van der Waals surface area contributed by atoms with E-state index < -0.39 is 0 Å². The van der Waals surface area contributed by atoms with Crippen LogP contribution in [-0.2, 0) is 4.79 Å². The van der Waals surface area contributed by atoms with Crippen molar-refractivity contribution in [2.75, 3.05) is 18.0 Å². The van der Waals surface area contributed by atoms with Gasteiger partial charge in [0, 0.05) is 41.2 Å². The number of carbonyl (C=O) groups excluding carboxylic acids is 3. The number of hydrogen-bond acceptors (Lipinski definition) is 3. The summed E-state index contributed by atoms with van der Waals surface area (Å²) < 4.78 is 0. The molecule has 5 heteroatoms. The Labute approximate surface area is 175 Å². The van der Waals surface area contributed by atoms with Crippen LogP contribution in [0.4, 0.5) is 5.69 Å². The first kappa shape index (κ1) is 19.8. The third kappa shape index (κ3) is 3.26. The number of rotatable bonds is 5. The minimum absolute atomic E-state index is 0.0382. The zero-order chi connectivity index (χ0) is 21.4. The van der Waals surface area contributed by atoms with Gasteiger partial charge >= 0.3 is 0 Å². The first-order valence-corrected chi connectivity index (χ1v) is 10.1. The molecule has 0 saturated heterocycles. The highest BCUT2D eigenvalue weighted by molar-refractivity contribution is 6.25. The van der Waals surface area contributed by atoms with Gasteiger partial charge in [0.1, 0.15) is 0 Å². The minimum Gasteiger partial charge on any atom is -0.310 e. The van der Waals surface area contributed by atoms with E-state index in [1.54, 1.807) is 17.0 Å². The van der Waals surface area contributed by atoms with Crippen LogP contribution >= 0.6 is 0 Å². The monoisotopic (exact) mass is 400 g/mol. The highest BCUT2D eigenvalue weighted by Gasteiger charge is 2.33. The molecule has 152 valence electrons. The van der Waals surface area contributed by atoms with Crippen molar-refractivity contribution in [1.29, 1.82) is 0 Å². The Morgan fingerprint density at radius 1 is 0.900 bits per heavy atom. The highest BCUT2D eigenvalue weighted by atomic mass is 16.2. The summed E-state index contributed by atoms with van der Waals surface area (Å²) in [5.74, 6) is -0.868. The van der Waals surface area contributed by atoms with Crippen LogP contribution in [0.15, 0.2) is 60.7 Å². The molecule has 0 saturated carbocycles. The molecular weight excluding hydrogens is 376 g/mol. The van der Waals surface area contributed by atoms with Crippen molar-refractivity contribution in [3.8, 4) is 0 Å². The standard InChI is InChI=1S/C25H24N2O3/c1-16(2)23(28)26(21-13-5-4-8-17(21)3)14-15-27-24(29)19-11-6-9-18-10-7-12-20(22(18)19)25(27)30/h4-13,16H,14-15H2,1-3H3. The number of aryl methyl sites for hydroxylation is 1. The quantitative estimate of drug-likeness (QED) is 0.595. The van der Waals surface area contributed by atoms with E-state index in [1.165, 1.54) is 4.90 Å². The second kappa shape index (κ2) is 7.75. The normalized spacial score (nSPS) is 13.3. The maximum absolute atomic E-state index is 13.1. The number of amides is 3. The van der Waals surface area contributed by atoms with E-state index in [1.807, 2.05) is 69.3 Å². The van der Waals surface area contributed by atoms with Crippen molar-refractivity contribution >= 4 is 34.2 Å². The van der Waals surface area contributed by atoms with Gasteiger partial charge in [-0.25, -0.2) is 0 Å². The molecule has 3 aromatic carbocycles.